The first kappa shape index (κ1) is 49.7. The van der Waals surface area contributed by atoms with Gasteiger partial charge in [-0.2, -0.15) is 0 Å². The molecule has 6 atom stereocenters. The standard InChI is InChI=1S/C44H82O9/c1-3-5-7-9-11-13-15-17-18-19-20-21-23-25-27-29-31-33-40(46)52-38(37-51-44-43(49)42(48)41(47)39(35-45)53-44)36-50-34-32-30-28-26-24-22-16-14-12-10-8-6-4-2/h12,14,17-18,38-39,41-45,47-49H,3-11,13,15-16,19-37H2,1-2H3/b14-12-,18-17-. The van der Waals surface area contributed by atoms with Crippen molar-refractivity contribution in [3.8, 4) is 0 Å². The van der Waals surface area contributed by atoms with Crippen LogP contribution in [0.15, 0.2) is 24.3 Å². The molecule has 4 N–H and O–H groups in total. The Morgan fingerprint density at radius 2 is 1.04 bits per heavy atom. The fourth-order valence-corrected chi connectivity index (χ4v) is 6.60. The zero-order chi connectivity index (χ0) is 38.6. The summed E-state index contributed by atoms with van der Waals surface area (Å²) in [4.78, 5) is 12.8. The molecule has 53 heavy (non-hydrogen) atoms. The zero-order valence-electron chi connectivity index (χ0n) is 34.0. The summed E-state index contributed by atoms with van der Waals surface area (Å²) in [6, 6.07) is 0. The fraction of sp³-hybridized carbons (Fsp3) is 0.886. The Labute approximate surface area is 324 Å². The predicted octanol–water partition coefficient (Wildman–Crippen LogP) is 9.42. The first-order valence-corrected chi connectivity index (χ1v) is 21.9. The Morgan fingerprint density at radius 3 is 1.57 bits per heavy atom. The van der Waals surface area contributed by atoms with Crippen molar-refractivity contribution in [2.75, 3.05) is 26.4 Å². The van der Waals surface area contributed by atoms with Crippen LogP contribution >= 0.6 is 0 Å². The number of ether oxygens (including phenoxy) is 4. The SMILES string of the molecule is CCCCC/C=C\CCCCCCCCOCC(COC1OC(CO)C(O)C(O)C1O)OC(=O)CCCCCCCCC/C=C\CCCCCCCC. The van der Waals surface area contributed by atoms with E-state index in [9.17, 15) is 25.2 Å². The van der Waals surface area contributed by atoms with E-state index in [1.165, 1.54) is 128 Å². The van der Waals surface area contributed by atoms with E-state index in [4.69, 9.17) is 18.9 Å². The van der Waals surface area contributed by atoms with Crippen LogP contribution in [0, 0.1) is 0 Å². The number of allylic oxidation sites excluding steroid dienone is 4. The minimum Gasteiger partial charge on any atom is -0.457 e. The first-order chi connectivity index (χ1) is 25.9. The van der Waals surface area contributed by atoms with Crippen molar-refractivity contribution in [3.05, 3.63) is 24.3 Å². The highest BCUT2D eigenvalue weighted by molar-refractivity contribution is 5.69. The third-order valence-electron chi connectivity index (χ3n) is 10.1. The Balaban J connectivity index is 2.28. The Hall–Kier alpha value is -1.33. The van der Waals surface area contributed by atoms with E-state index in [1.54, 1.807) is 0 Å². The van der Waals surface area contributed by atoms with E-state index in [-0.39, 0.29) is 19.2 Å². The molecule has 1 aliphatic heterocycles. The van der Waals surface area contributed by atoms with Gasteiger partial charge >= 0.3 is 5.97 Å². The maximum absolute atomic E-state index is 12.8. The molecule has 0 aliphatic carbocycles. The number of esters is 1. The lowest BCUT2D eigenvalue weighted by Crippen LogP contribution is -2.59. The molecular formula is C44H82O9. The molecule has 6 unspecified atom stereocenters. The summed E-state index contributed by atoms with van der Waals surface area (Å²) in [5, 5.41) is 40.0. The molecule has 0 aromatic rings. The van der Waals surface area contributed by atoms with Gasteiger partial charge in [0.2, 0.25) is 0 Å². The lowest BCUT2D eigenvalue weighted by Gasteiger charge is -2.39. The zero-order valence-corrected chi connectivity index (χ0v) is 34.0. The number of carbonyl (C=O) groups is 1. The Kier molecular flexibility index (Phi) is 34.0. The summed E-state index contributed by atoms with van der Waals surface area (Å²) >= 11 is 0. The van der Waals surface area contributed by atoms with Crippen LogP contribution in [-0.4, -0.2) is 89.6 Å². The van der Waals surface area contributed by atoms with Gasteiger partial charge in [0.15, 0.2) is 6.29 Å². The van der Waals surface area contributed by atoms with Crippen molar-refractivity contribution in [3.63, 3.8) is 0 Å². The van der Waals surface area contributed by atoms with E-state index in [0.29, 0.717) is 13.0 Å². The van der Waals surface area contributed by atoms with Gasteiger partial charge in [-0.3, -0.25) is 4.79 Å². The third kappa shape index (κ3) is 27.8. The van der Waals surface area contributed by atoms with Crippen molar-refractivity contribution in [1.29, 1.82) is 0 Å². The van der Waals surface area contributed by atoms with E-state index in [1.807, 2.05) is 0 Å². The van der Waals surface area contributed by atoms with Gasteiger partial charge in [-0.1, -0.05) is 141 Å². The van der Waals surface area contributed by atoms with Crippen molar-refractivity contribution in [1.82, 2.24) is 0 Å². The molecule has 1 rings (SSSR count). The maximum Gasteiger partial charge on any atom is 0.306 e. The van der Waals surface area contributed by atoms with Crippen molar-refractivity contribution in [2.24, 2.45) is 0 Å². The average Bonchev–Trinajstić information content (AvgIpc) is 3.16. The topological polar surface area (TPSA) is 135 Å². The molecule has 0 spiro atoms. The van der Waals surface area contributed by atoms with Gasteiger partial charge in [-0.25, -0.2) is 0 Å². The second-order valence-electron chi connectivity index (χ2n) is 15.1. The number of aliphatic hydroxyl groups is 4. The molecular weight excluding hydrogens is 672 g/mol. The highest BCUT2D eigenvalue weighted by atomic mass is 16.7. The largest absolute Gasteiger partial charge is 0.457 e. The van der Waals surface area contributed by atoms with Crippen molar-refractivity contribution in [2.45, 2.75) is 224 Å². The van der Waals surface area contributed by atoms with Gasteiger partial charge in [0, 0.05) is 13.0 Å². The van der Waals surface area contributed by atoms with Crippen LogP contribution in [0.3, 0.4) is 0 Å². The summed E-state index contributed by atoms with van der Waals surface area (Å²) in [7, 11) is 0. The molecule has 1 aliphatic rings. The first-order valence-electron chi connectivity index (χ1n) is 21.9. The summed E-state index contributed by atoms with van der Waals surface area (Å²) in [6.45, 7) is 4.52. The molecule has 9 heteroatoms. The molecule has 1 saturated heterocycles. The summed E-state index contributed by atoms with van der Waals surface area (Å²) in [6.07, 6.45) is 33.4. The fourth-order valence-electron chi connectivity index (χ4n) is 6.60. The van der Waals surface area contributed by atoms with Crippen LogP contribution in [0.2, 0.25) is 0 Å². The van der Waals surface area contributed by atoms with Crippen molar-refractivity contribution < 1.29 is 44.2 Å². The smallest absolute Gasteiger partial charge is 0.306 e. The molecule has 1 heterocycles. The number of unbranched alkanes of at least 4 members (excludes halogenated alkanes) is 22. The molecule has 312 valence electrons. The van der Waals surface area contributed by atoms with E-state index < -0.39 is 43.4 Å². The van der Waals surface area contributed by atoms with Gasteiger partial charge in [-0.05, 0) is 64.2 Å². The van der Waals surface area contributed by atoms with E-state index in [2.05, 4.69) is 38.2 Å². The number of carbonyl (C=O) groups excluding carboxylic acids is 1. The normalized spacial score (nSPS) is 21.2. The van der Waals surface area contributed by atoms with E-state index in [0.717, 1.165) is 38.5 Å². The van der Waals surface area contributed by atoms with Crippen LogP contribution in [0.1, 0.15) is 187 Å². The van der Waals surface area contributed by atoms with Crippen molar-refractivity contribution >= 4 is 5.97 Å². The quantitative estimate of drug-likeness (QED) is 0.0278. The summed E-state index contributed by atoms with van der Waals surface area (Å²) < 4.78 is 22.8. The molecule has 9 nitrogen and oxygen atoms in total. The maximum atomic E-state index is 12.8. The lowest BCUT2D eigenvalue weighted by molar-refractivity contribution is -0.305. The van der Waals surface area contributed by atoms with Crippen LogP contribution in [0.5, 0.6) is 0 Å². The number of hydrogen-bond donors (Lipinski definition) is 4. The highest BCUT2D eigenvalue weighted by Crippen LogP contribution is 2.22. The number of hydrogen-bond acceptors (Lipinski definition) is 9. The minimum absolute atomic E-state index is 0.115. The van der Waals surface area contributed by atoms with Gasteiger partial charge in [0.05, 0.1) is 19.8 Å². The minimum atomic E-state index is -1.54. The highest BCUT2D eigenvalue weighted by Gasteiger charge is 2.44. The monoisotopic (exact) mass is 755 g/mol. The summed E-state index contributed by atoms with van der Waals surface area (Å²) in [5.41, 5.74) is 0. The van der Waals surface area contributed by atoms with Crippen LogP contribution in [-0.2, 0) is 23.7 Å². The molecule has 0 aromatic carbocycles. The number of aliphatic hydroxyl groups excluding tert-OH is 4. The molecule has 0 radical (unpaired) electrons. The average molecular weight is 755 g/mol. The van der Waals surface area contributed by atoms with Crippen LogP contribution < -0.4 is 0 Å². The van der Waals surface area contributed by atoms with Gasteiger partial charge < -0.3 is 39.4 Å². The molecule has 0 amide bonds. The Bertz CT molecular complexity index is 864. The van der Waals surface area contributed by atoms with Gasteiger partial charge in [-0.15, -0.1) is 0 Å². The Morgan fingerprint density at radius 1 is 0.585 bits per heavy atom. The van der Waals surface area contributed by atoms with E-state index >= 15 is 0 Å². The van der Waals surface area contributed by atoms with Crippen LogP contribution in [0.4, 0.5) is 0 Å². The lowest BCUT2D eigenvalue weighted by atomic mass is 9.99. The molecule has 0 bridgehead atoms. The molecule has 1 fully saturated rings. The number of rotatable bonds is 37. The summed E-state index contributed by atoms with van der Waals surface area (Å²) in [5.74, 6) is -0.320. The molecule has 0 aromatic heterocycles. The predicted molar refractivity (Wildman–Crippen MR) is 215 cm³/mol. The second kappa shape index (κ2) is 36.3. The van der Waals surface area contributed by atoms with Gasteiger partial charge in [0.1, 0.15) is 30.5 Å². The van der Waals surface area contributed by atoms with Crippen LogP contribution in [0.25, 0.3) is 0 Å². The van der Waals surface area contributed by atoms with Gasteiger partial charge in [0.25, 0.3) is 0 Å². The molecule has 0 saturated carbocycles. The second-order valence-corrected chi connectivity index (χ2v) is 15.1. The third-order valence-corrected chi connectivity index (χ3v) is 10.1.